The fourth-order valence-corrected chi connectivity index (χ4v) is 2.78. The molecule has 0 aliphatic rings. The highest BCUT2D eigenvalue weighted by Gasteiger charge is 2.17. The standard InChI is InChI=1S/C20H22N2O/c1-14(2)13-22-20(23)18(16-11-9-15(3)10-12-16)19(21-22)17-7-5-4-6-8-17/h4-12,14,21H,13H2,1-3H3. The Labute approximate surface area is 136 Å². The molecule has 1 N–H and O–H groups in total. The Balaban J connectivity index is 2.21. The van der Waals surface area contributed by atoms with Crippen LogP contribution in [0.1, 0.15) is 19.4 Å². The minimum absolute atomic E-state index is 0.0430. The van der Waals surface area contributed by atoms with Gasteiger partial charge in [-0.2, -0.15) is 0 Å². The summed E-state index contributed by atoms with van der Waals surface area (Å²) in [6.07, 6.45) is 0. The Kier molecular flexibility index (Phi) is 4.20. The lowest BCUT2D eigenvalue weighted by atomic mass is 10.0. The van der Waals surface area contributed by atoms with Crippen molar-refractivity contribution in [2.75, 3.05) is 0 Å². The quantitative estimate of drug-likeness (QED) is 0.758. The van der Waals surface area contributed by atoms with Gasteiger partial charge in [0.15, 0.2) is 0 Å². The molecule has 3 rings (SSSR count). The van der Waals surface area contributed by atoms with E-state index in [1.807, 2.05) is 54.6 Å². The lowest BCUT2D eigenvalue weighted by Gasteiger charge is -2.04. The molecule has 0 saturated heterocycles. The summed E-state index contributed by atoms with van der Waals surface area (Å²) in [6.45, 7) is 6.96. The highest BCUT2D eigenvalue weighted by atomic mass is 16.1. The molecular formula is C20H22N2O. The molecule has 0 spiro atoms. The van der Waals surface area contributed by atoms with E-state index in [0.717, 1.165) is 22.4 Å². The SMILES string of the molecule is Cc1ccc(-c2c(-c3ccccc3)[nH]n(CC(C)C)c2=O)cc1. The van der Waals surface area contributed by atoms with Gasteiger partial charge in [0.2, 0.25) is 0 Å². The lowest BCUT2D eigenvalue weighted by Crippen LogP contribution is -2.20. The third kappa shape index (κ3) is 3.14. The Bertz CT molecular complexity index is 840. The number of rotatable bonds is 4. The summed E-state index contributed by atoms with van der Waals surface area (Å²) in [5.41, 5.74) is 4.85. The molecule has 1 heterocycles. The first kappa shape index (κ1) is 15.3. The third-order valence-electron chi connectivity index (χ3n) is 3.91. The van der Waals surface area contributed by atoms with Crippen molar-refractivity contribution in [3.63, 3.8) is 0 Å². The van der Waals surface area contributed by atoms with E-state index >= 15 is 0 Å². The molecule has 0 amide bonds. The van der Waals surface area contributed by atoms with Crippen LogP contribution >= 0.6 is 0 Å². The van der Waals surface area contributed by atoms with Gasteiger partial charge in [-0.1, -0.05) is 74.0 Å². The summed E-state index contributed by atoms with van der Waals surface area (Å²) in [5.74, 6) is 0.404. The Morgan fingerprint density at radius 3 is 2.22 bits per heavy atom. The molecule has 0 aliphatic heterocycles. The second kappa shape index (κ2) is 6.29. The topological polar surface area (TPSA) is 37.8 Å². The molecule has 3 heteroatoms. The molecule has 3 aromatic rings. The number of nitrogens with one attached hydrogen (secondary N) is 1. The lowest BCUT2D eigenvalue weighted by molar-refractivity contribution is 0.474. The summed E-state index contributed by atoms with van der Waals surface area (Å²) in [6, 6.07) is 18.2. The molecule has 0 atom stereocenters. The normalized spacial score (nSPS) is 11.1. The van der Waals surface area contributed by atoms with Crippen molar-refractivity contribution in [2.45, 2.75) is 27.3 Å². The van der Waals surface area contributed by atoms with E-state index in [1.165, 1.54) is 5.56 Å². The van der Waals surface area contributed by atoms with Crippen LogP contribution in [0.5, 0.6) is 0 Å². The predicted molar refractivity (Wildman–Crippen MR) is 95.5 cm³/mol. The van der Waals surface area contributed by atoms with Crippen molar-refractivity contribution in [3.05, 3.63) is 70.5 Å². The van der Waals surface area contributed by atoms with Crippen LogP contribution in [-0.2, 0) is 6.54 Å². The second-order valence-corrected chi connectivity index (χ2v) is 6.40. The van der Waals surface area contributed by atoms with Crippen LogP contribution in [0, 0.1) is 12.8 Å². The summed E-state index contributed by atoms with van der Waals surface area (Å²) >= 11 is 0. The number of aromatic amines is 1. The first-order valence-corrected chi connectivity index (χ1v) is 8.01. The zero-order valence-electron chi connectivity index (χ0n) is 13.8. The van der Waals surface area contributed by atoms with E-state index in [0.29, 0.717) is 12.5 Å². The van der Waals surface area contributed by atoms with E-state index in [-0.39, 0.29) is 5.56 Å². The fourth-order valence-electron chi connectivity index (χ4n) is 2.78. The Morgan fingerprint density at radius 2 is 1.61 bits per heavy atom. The number of nitrogens with zero attached hydrogens (tertiary/aromatic N) is 1. The van der Waals surface area contributed by atoms with Gasteiger partial charge < -0.3 is 0 Å². The first-order chi connectivity index (χ1) is 11.1. The number of benzene rings is 2. The van der Waals surface area contributed by atoms with E-state index in [2.05, 4.69) is 25.9 Å². The van der Waals surface area contributed by atoms with Crippen LogP contribution in [0.3, 0.4) is 0 Å². The van der Waals surface area contributed by atoms with Crippen LogP contribution in [0.25, 0.3) is 22.4 Å². The van der Waals surface area contributed by atoms with Crippen LogP contribution in [0.2, 0.25) is 0 Å². The highest BCUT2D eigenvalue weighted by Crippen LogP contribution is 2.28. The van der Waals surface area contributed by atoms with Crippen molar-refractivity contribution >= 4 is 0 Å². The number of hydrogen-bond donors (Lipinski definition) is 1. The van der Waals surface area contributed by atoms with Gasteiger partial charge in [0, 0.05) is 12.1 Å². The van der Waals surface area contributed by atoms with Gasteiger partial charge >= 0.3 is 0 Å². The minimum Gasteiger partial charge on any atom is -0.294 e. The van der Waals surface area contributed by atoms with Gasteiger partial charge in [-0.15, -0.1) is 0 Å². The largest absolute Gasteiger partial charge is 0.294 e. The smallest absolute Gasteiger partial charge is 0.275 e. The van der Waals surface area contributed by atoms with Crippen LogP contribution in [0.4, 0.5) is 0 Å². The second-order valence-electron chi connectivity index (χ2n) is 6.40. The fraction of sp³-hybridized carbons (Fsp3) is 0.250. The summed E-state index contributed by atoms with van der Waals surface area (Å²) in [7, 11) is 0. The van der Waals surface area contributed by atoms with Crippen molar-refractivity contribution in [2.24, 2.45) is 5.92 Å². The number of aromatic nitrogens is 2. The van der Waals surface area contributed by atoms with Crippen LogP contribution in [-0.4, -0.2) is 9.78 Å². The molecule has 2 aromatic carbocycles. The molecule has 3 nitrogen and oxygen atoms in total. The summed E-state index contributed by atoms with van der Waals surface area (Å²) in [5, 5.41) is 3.31. The molecule has 0 aliphatic carbocycles. The van der Waals surface area contributed by atoms with Crippen molar-refractivity contribution in [1.29, 1.82) is 0 Å². The van der Waals surface area contributed by atoms with Crippen molar-refractivity contribution < 1.29 is 0 Å². The van der Waals surface area contributed by atoms with E-state index in [1.54, 1.807) is 4.68 Å². The summed E-state index contributed by atoms with van der Waals surface area (Å²) < 4.78 is 1.72. The maximum Gasteiger partial charge on any atom is 0.275 e. The number of H-pyrrole nitrogens is 1. The molecule has 0 radical (unpaired) electrons. The van der Waals surface area contributed by atoms with E-state index < -0.39 is 0 Å². The molecule has 0 fully saturated rings. The van der Waals surface area contributed by atoms with Gasteiger partial charge in [0.1, 0.15) is 0 Å². The van der Waals surface area contributed by atoms with Crippen LogP contribution in [0.15, 0.2) is 59.4 Å². The molecule has 1 aromatic heterocycles. The van der Waals surface area contributed by atoms with E-state index in [4.69, 9.17) is 0 Å². The maximum absolute atomic E-state index is 12.9. The number of aryl methyl sites for hydroxylation is 1. The third-order valence-corrected chi connectivity index (χ3v) is 3.91. The first-order valence-electron chi connectivity index (χ1n) is 8.01. The van der Waals surface area contributed by atoms with Crippen molar-refractivity contribution in [1.82, 2.24) is 9.78 Å². The van der Waals surface area contributed by atoms with Crippen LogP contribution < -0.4 is 5.56 Å². The molecular weight excluding hydrogens is 284 g/mol. The average molecular weight is 306 g/mol. The molecule has 0 bridgehead atoms. The van der Waals surface area contributed by atoms with Gasteiger partial charge in [0.05, 0.1) is 11.3 Å². The molecule has 0 saturated carbocycles. The predicted octanol–water partition coefficient (Wildman–Crippen LogP) is 4.47. The van der Waals surface area contributed by atoms with Gasteiger partial charge in [0.25, 0.3) is 5.56 Å². The zero-order valence-corrected chi connectivity index (χ0v) is 13.8. The Hall–Kier alpha value is -2.55. The van der Waals surface area contributed by atoms with Gasteiger partial charge in [-0.05, 0) is 18.4 Å². The zero-order chi connectivity index (χ0) is 16.4. The van der Waals surface area contributed by atoms with Gasteiger partial charge in [-0.25, -0.2) is 0 Å². The Morgan fingerprint density at radius 1 is 0.957 bits per heavy atom. The molecule has 0 unspecified atom stereocenters. The average Bonchev–Trinajstić information content (AvgIpc) is 2.85. The van der Waals surface area contributed by atoms with Crippen molar-refractivity contribution in [3.8, 4) is 22.4 Å². The number of hydrogen-bond acceptors (Lipinski definition) is 1. The molecule has 118 valence electrons. The minimum atomic E-state index is 0.0430. The monoisotopic (exact) mass is 306 g/mol. The van der Waals surface area contributed by atoms with E-state index in [9.17, 15) is 4.79 Å². The van der Waals surface area contributed by atoms with Gasteiger partial charge in [-0.3, -0.25) is 14.6 Å². The summed E-state index contributed by atoms with van der Waals surface area (Å²) in [4.78, 5) is 12.9. The highest BCUT2D eigenvalue weighted by molar-refractivity contribution is 5.80. The maximum atomic E-state index is 12.9. The molecule has 23 heavy (non-hydrogen) atoms.